The summed E-state index contributed by atoms with van der Waals surface area (Å²) in [6, 6.07) is 3.82. The fourth-order valence-corrected chi connectivity index (χ4v) is 1.81. The number of nitrogens with zero attached hydrogens (tertiary/aromatic N) is 2. The van der Waals surface area contributed by atoms with Gasteiger partial charge in [0.05, 0.1) is 12.5 Å². The van der Waals surface area contributed by atoms with Gasteiger partial charge >= 0.3 is 0 Å². The van der Waals surface area contributed by atoms with Crippen molar-refractivity contribution in [3.8, 4) is 0 Å². The molecular formula is C13H18N4O2. The van der Waals surface area contributed by atoms with Crippen molar-refractivity contribution in [2.24, 2.45) is 7.05 Å². The van der Waals surface area contributed by atoms with E-state index >= 15 is 0 Å². The summed E-state index contributed by atoms with van der Waals surface area (Å²) in [5.74, 6) is 1.09. The van der Waals surface area contributed by atoms with Crippen molar-refractivity contribution in [3.63, 3.8) is 0 Å². The number of hydrogen-bond acceptors (Lipinski definition) is 4. The first kappa shape index (κ1) is 13.2. The van der Waals surface area contributed by atoms with Gasteiger partial charge in [0.2, 0.25) is 0 Å². The number of nitrogens with one attached hydrogen (secondary N) is 1. The number of amides is 1. The Hall–Kier alpha value is -2.24. The molecular weight excluding hydrogens is 244 g/mol. The first-order chi connectivity index (χ1) is 9.08. The van der Waals surface area contributed by atoms with Crippen LogP contribution in [0.2, 0.25) is 0 Å². The topological polar surface area (TPSA) is 86.1 Å². The molecule has 102 valence electrons. The molecule has 19 heavy (non-hydrogen) atoms. The zero-order chi connectivity index (χ0) is 13.8. The van der Waals surface area contributed by atoms with Gasteiger partial charge in [0.25, 0.3) is 5.91 Å². The second-order valence-corrected chi connectivity index (χ2v) is 4.56. The number of aromatic nitrogens is 2. The summed E-state index contributed by atoms with van der Waals surface area (Å²) in [5.41, 5.74) is 6.16. The Morgan fingerprint density at radius 2 is 2.42 bits per heavy atom. The molecule has 0 aliphatic heterocycles. The lowest BCUT2D eigenvalue weighted by atomic mass is 10.1. The smallest absolute Gasteiger partial charge is 0.256 e. The van der Waals surface area contributed by atoms with E-state index < -0.39 is 0 Å². The quantitative estimate of drug-likeness (QED) is 0.851. The van der Waals surface area contributed by atoms with Crippen LogP contribution in [0.1, 0.15) is 29.5 Å². The molecule has 0 spiro atoms. The van der Waals surface area contributed by atoms with Crippen LogP contribution in [0, 0.1) is 0 Å². The zero-order valence-corrected chi connectivity index (χ0v) is 11.1. The molecule has 0 radical (unpaired) electrons. The van der Waals surface area contributed by atoms with E-state index in [0.29, 0.717) is 11.4 Å². The number of carbonyl (C=O) groups excluding carboxylic acids is 1. The number of anilines is 1. The third kappa shape index (κ3) is 3.15. The normalized spacial score (nSPS) is 12.3. The van der Waals surface area contributed by atoms with Gasteiger partial charge in [-0.15, -0.1) is 0 Å². The largest absolute Gasteiger partial charge is 0.469 e. The summed E-state index contributed by atoms with van der Waals surface area (Å²) >= 11 is 0. The number of rotatable bonds is 5. The van der Waals surface area contributed by atoms with Crippen molar-refractivity contribution in [1.82, 2.24) is 15.1 Å². The number of aryl methyl sites for hydroxylation is 2. The lowest BCUT2D eigenvalue weighted by Crippen LogP contribution is -2.33. The maximum Gasteiger partial charge on any atom is 0.256 e. The third-order valence-electron chi connectivity index (χ3n) is 3.01. The highest BCUT2D eigenvalue weighted by Gasteiger charge is 2.15. The molecule has 3 N–H and O–H groups in total. The number of nitrogens with two attached hydrogens (primary N) is 1. The van der Waals surface area contributed by atoms with Gasteiger partial charge in [0, 0.05) is 19.5 Å². The Balaban J connectivity index is 1.86. The van der Waals surface area contributed by atoms with E-state index in [4.69, 9.17) is 10.2 Å². The molecule has 0 saturated carbocycles. The lowest BCUT2D eigenvalue weighted by molar-refractivity contribution is 0.0939. The van der Waals surface area contributed by atoms with Gasteiger partial charge in [0.1, 0.15) is 17.1 Å². The summed E-state index contributed by atoms with van der Waals surface area (Å²) in [4.78, 5) is 12.0. The maximum atomic E-state index is 12.0. The Morgan fingerprint density at radius 1 is 1.63 bits per heavy atom. The Bertz CT molecular complexity index is 545. The molecule has 6 nitrogen and oxygen atoms in total. The van der Waals surface area contributed by atoms with Crippen molar-refractivity contribution in [2.45, 2.75) is 25.8 Å². The molecule has 0 aliphatic carbocycles. The zero-order valence-electron chi connectivity index (χ0n) is 11.1. The predicted molar refractivity (Wildman–Crippen MR) is 71.6 cm³/mol. The Morgan fingerprint density at radius 3 is 3.00 bits per heavy atom. The van der Waals surface area contributed by atoms with Gasteiger partial charge in [0.15, 0.2) is 0 Å². The number of carbonyl (C=O) groups is 1. The number of hydrogen-bond donors (Lipinski definition) is 2. The number of nitrogen functional groups attached to an aromatic ring is 1. The minimum Gasteiger partial charge on any atom is -0.469 e. The van der Waals surface area contributed by atoms with Crippen LogP contribution in [0.25, 0.3) is 0 Å². The first-order valence-corrected chi connectivity index (χ1v) is 6.18. The maximum absolute atomic E-state index is 12.0. The van der Waals surface area contributed by atoms with Gasteiger partial charge in [-0.1, -0.05) is 0 Å². The van der Waals surface area contributed by atoms with Gasteiger partial charge in [-0.05, 0) is 25.5 Å². The molecule has 1 amide bonds. The molecule has 6 heteroatoms. The summed E-state index contributed by atoms with van der Waals surface area (Å²) in [6.45, 7) is 1.95. The highest BCUT2D eigenvalue weighted by molar-refractivity contribution is 5.98. The van der Waals surface area contributed by atoms with Gasteiger partial charge < -0.3 is 15.5 Å². The van der Waals surface area contributed by atoms with Crippen LogP contribution in [-0.2, 0) is 13.5 Å². The molecule has 0 aromatic carbocycles. The van der Waals surface area contributed by atoms with E-state index in [2.05, 4.69) is 10.4 Å². The summed E-state index contributed by atoms with van der Waals surface area (Å²) in [5, 5.41) is 6.85. The molecule has 0 fully saturated rings. The van der Waals surface area contributed by atoms with Crippen molar-refractivity contribution in [2.75, 3.05) is 5.73 Å². The van der Waals surface area contributed by atoms with Crippen LogP contribution in [0.15, 0.2) is 29.0 Å². The van der Waals surface area contributed by atoms with E-state index in [1.807, 2.05) is 19.1 Å². The summed E-state index contributed by atoms with van der Waals surface area (Å²) < 4.78 is 6.72. The van der Waals surface area contributed by atoms with E-state index in [1.54, 1.807) is 13.3 Å². The van der Waals surface area contributed by atoms with E-state index in [0.717, 1.165) is 18.6 Å². The molecule has 2 aromatic heterocycles. The van der Waals surface area contributed by atoms with E-state index in [1.165, 1.54) is 10.9 Å². The molecule has 0 aliphatic rings. The predicted octanol–water partition coefficient (Wildman–Crippen LogP) is 1.35. The van der Waals surface area contributed by atoms with E-state index in [-0.39, 0.29) is 11.9 Å². The van der Waals surface area contributed by atoms with Crippen LogP contribution in [0.5, 0.6) is 0 Å². The average molecular weight is 262 g/mol. The summed E-state index contributed by atoms with van der Waals surface area (Å²) in [7, 11) is 1.70. The minimum absolute atomic E-state index is 0.0391. The minimum atomic E-state index is -0.197. The lowest BCUT2D eigenvalue weighted by Gasteiger charge is -2.12. The highest BCUT2D eigenvalue weighted by Crippen LogP contribution is 2.10. The van der Waals surface area contributed by atoms with Crippen molar-refractivity contribution >= 4 is 11.7 Å². The molecule has 1 unspecified atom stereocenters. The molecule has 2 rings (SSSR count). The van der Waals surface area contributed by atoms with Gasteiger partial charge in [-0.2, -0.15) is 5.10 Å². The van der Waals surface area contributed by atoms with Crippen LogP contribution in [0.4, 0.5) is 5.82 Å². The molecule has 0 bridgehead atoms. The fraction of sp³-hybridized carbons (Fsp3) is 0.385. The first-order valence-electron chi connectivity index (χ1n) is 6.18. The average Bonchev–Trinajstić information content (AvgIpc) is 2.98. The molecule has 2 heterocycles. The number of furan rings is 1. The molecule has 1 atom stereocenters. The third-order valence-corrected chi connectivity index (χ3v) is 3.01. The second kappa shape index (κ2) is 5.60. The SMILES string of the molecule is CC(CCc1ccco1)NC(=O)c1cnn(C)c1N. The van der Waals surface area contributed by atoms with Crippen molar-refractivity contribution in [3.05, 3.63) is 35.9 Å². The van der Waals surface area contributed by atoms with Crippen molar-refractivity contribution in [1.29, 1.82) is 0 Å². The Labute approximate surface area is 111 Å². The molecule has 0 saturated heterocycles. The second-order valence-electron chi connectivity index (χ2n) is 4.56. The van der Waals surface area contributed by atoms with Crippen LogP contribution >= 0.6 is 0 Å². The highest BCUT2D eigenvalue weighted by atomic mass is 16.3. The summed E-state index contributed by atoms with van der Waals surface area (Å²) in [6.07, 6.45) is 4.72. The van der Waals surface area contributed by atoms with E-state index in [9.17, 15) is 4.79 Å². The standard InChI is InChI=1S/C13H18N4O2/c1-9(5-6-10-4-3-7-19-10)16-13(18)11-8-15-17(2)12(11)14/h3-4,7-9H,5-6,14H2,1-2H3,(H,16,18). The van der Waals surface area contributed by atoms with Crippen LogP contribution < -0.4 is 11.1 Å². The van der Waals surface area contributed by atoms with Crippen LogP contribution in [0.3, 0.4) is 0 Å². The van der Waals surface area contributed by atoms with Crippen molar-refractivity contribution < 1.29 is 9.21 Å². The monoisotopic (exact) mass is 262 g/mol. The van der Waals surface area contributed by atoms with Gasteiger partial charge in [-0.25, -0.2) is 0 Å². The van der Waals surface area contributed by atoms with Gasteiger partial charge in [-0.3, -0.25) is 9.48 Å². The Kier molecular flexibility index (Phi) is 3.89. The van der Waals surface area contributed by atoms with Crippen LogP contribution in [-0.4, -0.2) is 21.7 Å². The molecule has 2 aromatic rings. The fourth-order valence-electron chi connectivity index (χ4n) is 1.81.